The number of ether oxygens (including phenoxy) is 1. The summed E-state index contributed by atoms with van der Waals surface area (Å²) in [5.41, 5.74) is 6.44. The van der Waals surface area contributed by atoms with Crippen LogP contribution in [0.4, 0.5) is 5.69 Å². The van der Waals surface area contributed by atoms with Crippen LogP contribution in [0, 0.1) is 5.92 Å². The SMILES string of the molecule is CCCOc1nc(SC(C)C(C)C)ccc1N. The van der Waals surface area contributed by atoms with Crippen LogP contribution >= 0.6 is 11.8 Å². The molecule has 1 aromatic heterocycles. The summed E-state index contributed by atoms with van der Waals surface area (Å²) in [6.45, 7) is 9.35. The van der Waals surface area contributed by atoms with Crippen molar-refractivity contribution in [1.82, 2.24) is 4.98 Å². The Kier molecular flexibility index (Phi) is 5.62. The molecule has 1 heterocycles. The summed E-state index contributed by atoms with van der Waals surface area (Å²) in [6, 6.07) is 3.82. The van der Waals surface area contributed by atoms with Crippen molar-refractivity contribution in [1.29, 1.82) is 0 Å². The molecular weight excluding hydrogens is 232 g/mol. The van der Waals surface area contributed by atoms with E-state index in [0.29, 0.717) is 29.3 Å². The van der Waals surface area contributed by atoms with Gasteiger partial charge in [-0.15, -0.1) is 11.8 Å². The highest BCUT2D eigenvalue weighted by atomic mass is 32.2. The number of hydrogen-bond donors (Lipinski definition) is 1. The van der Waals surface area contributed by atoms with Gasteiger partial charge in [-0.25, -0.2) is 4.98 Å². The first-order chi connectivity index (χ1) is 8.04. The van der Waals surface area contributed by atoms with Gasteiger partial charge in [0.05, 0.1) is 12.3 Å². The van der Waals surface area contributed by atoms with Gasteiger partial charge in [0.2, 0.25) is 5.88 Å². The standard InChI is InChI=1S/C13H22N2OS/c1-5-8-16-13-11(14)6-7-12(15-13)17-10(4)9(2)3/h6-7,9-10H,5,8,14H2,1-4H3. The van der Waals surface area contributed by atoms with E-state index in [0.717, 1.165) is 11.4 Å². The van der Waals surface area contributed by atoms with E-state index >= 15 is 0 Å². The second-order valence-electron chi connectivity index (χ2n) is 4.46. The van der Waals surface area contributed by atoms with Gasteiger partial charge in [-0.2, -0.15) is 0 Å². The number of thioether (sulfide) groups is 1. The molecule has 0 spiro atoms. The highest BCUT2D eigenvalue weighted by Crippen LogP contribution is 2.29. The van der Waals surface area contributed by atoms with Crippen LogP contribution in [0.15, 0.2) is 17.2 Å². The van der Waals surface area contributed by atoms with Crippen molar-refractivity contribution in [2.75, 3.05) is 12.3 Å². The average molecular weight is 254 g/mol. The maximum atomic E-state index is 5.82. The van der Waals surface area contributed by atoms with E-state index in [1.165, 1.54) is 0 Å². The molecule has 2 N–H and O–H groups in total. The molecule has 0 saturated heterocycles. The Morgan fingerprint density at radius 3 is 2.65 bits per heavy atom. The number of nitrogen functional groups attached to an aromatic ring is 1. The van der Waals surface area contributed by atoms with Gasteiger partial charge in [0, 0.05) is 5.25 Å². The van der Waals surface area contributed by atoms with Gasteiger partial charge < -0.3 is 10.5 Å². The van der Waals surface area contributed by atoms with E-state index in [4.69, 9.17) is 10.5 Å². The topological polar surface area (TPSA) is 48.1 Å². The number of nitrogens with zero attached hydrogens (tertiary/aromatic N) is 1. The van der Waals surface area contributed by atoms with Crippen LogP contribution in [0.5, 0.6) is 5.88 Å². The maximum Gasteiger partial charge on any atom is 0.238 e. The van der Waals surface area contributed by atoms with Crippen LogP contribution in [0.25, 0.3) is 0 Å². The fourth-order valence-corrected chi connectivity index (χ4v) is 2.08. The first-order valence-electron chi connectivity index (χ1n) is 6.10. The second-order valence-corrected chi connectivity index (χ2v) is 5.86. The van der Waals surface area contributed by atoms with Crippen LogP contribution in [0.2, 0.25) is 0 Å². The molecule has 0 amide bonds. The third kappa shape index (κ3) is 4.46. The molecule has 0 aromatic carbocycles. The molecule has 1 aromatic rings. The van der Waals surface area contributed by atoms with Gasteiger partial charge in [-0.3, -0.25) is 0 Å². The quantitative estimate of drug-likeness (QED) is 0.788. The Hall–Kier alpha value is -0.900. The van der Waals surface area contributed by atoms with Gasteiger partial charge in [-0.05, 0) is 24.5 Å². The number of aromatic nitrogens is 1. The lowest BCUT2D eigenvalue weighted by Crippen LogP contribution is -2.07. The molecule has 0 fully saturated rings. The molecule has 1 rings (SSSR count). The van der Waals surface area contributed by atoms with Crippen molar-refractivity contribution in [3.8, 4) is 5.88 Å². The minimum Gasteiger partial charge on any atom is -0.476 e. The zero-order valence-electron chi connectivity index (χ0n) is 11.1. The highest BCUT2D eigenvalue weighted by molar-refractivity contribution is 7.99. The van der Waals surface area contributed by atoms with Crippen LogP contribution < -0.4 is 10.5 Å². The van der Waals surface area contributed by atoms with E-state index in [-0.39, 0.29) is 0 Å². The third-order valence-corrected chi connectivity index (χ3v) is 3.94. The minimum absolute atomic E-state index is 0.533. The van der Waals surface area contributed by atoms with Crippen LogP contribution in [0.1, 0.15) is 34.1 Å². The van der Waals surface area contributed by atoms with Crippen molar-refractivity contribution < 1.29 is 4.74 Å². The van der Waals surface area contributed by atoms with Crippen molar-refractivity contribution in [3.63, 3.8) is 0 Å². The molecule has 96 valence electrons. The predicted octanol–water partition coefficient (Wildman–Crippen LogP) is 3.59. The van der Waals surface area contributed by atoms with Crippen LogP contribution in [-0.2, 0) is 0 Å². The number of pyridine rings is 1. The summed E-state index contributed by atoms with van der Waals surface area (Å²) in [4.78, 5) is 4.45. The summed E-state index contributed by atoms with van der Waals surface area (Å²) in [5.74, 6) is 1.19. The summed E-state index contributed by atoms with van der Waals surface area (Å²) in [5, 5.41) is 1.51. The third-order valence-electron chi connectivity index (χ3n) is 2.55. The highest BCUT2D eigenvalue weighted by Gasteiger charge is 2.11. The molecule has 0 aliphatic carbocycles. The molecule has 1 unspecified atom stereocenters. The molecule has 4 heteroatoms. The Bertz CT molecular complexity index is 355. The molecule has 17 heavy (non-hydrogen) atoms. The molecular formula is C13H22N2OS. The molecule has 3 nitrogen and oxygen atoms in total. The average Bonchev–Trinajstić information content (AvgIpc) is 2.29. The number of anilines is 1. The van der Waals surface area contributed by atoms with Gasteiger partial charge >= 0.3 is 0 Å². The van der Waals surface area contributed by atoms with E-state index in [9.17, 15) is 0 Å². The molecule has 0 radical (unpaired) electrons. The van der Waals surface area contributed by atoms with Crippen molar-refractivity contribution in [2.24, 2.45) is 5.92 Å². The van der Waals surface area contributed by atoms with Crippen LogP contribution in [0.3, 0.4) is 0 Å². The fraction of sp³-hybridized carbons (Fsp3) is 0.615. The lowest BCUT2D eigenvalue weighted by Gasteiger charge is -2.15. The summed E-state index contributed by atoms with van der Waals surface area (Å²) < 4.78 is 5.52. The van der Waals surface area contributed by atoms with E-state index in [1.807, 2.05) is 12.1 Å². The van der Waals surface area contributed by atoms with Crippen molar-refractivity contribution in [2.45, 2.75) is 44.4 Å². The summed E-state index contributed by atoms with van der Waals surface area (Å²) >= 11 is 1.76. The molecule has 0 aliphatic rings. The Morgan fingerprint density at radius 1 is 1.35 bits per heavy atom. The monoisotopic (exact) mass is 254 g/mol. The van der Waals surface area contributed by atoms with Crippen molar-refractivity contribution >= 4 is 17.4 Å². The summed E-state index contributed by atoms with van der Waals surface area (Å²) in [6.07, 6.45) is 0.959. The lowest BCUT2D eigenvalue weighted by molar-refractivity contribution is 0.305. The zero-order chi connectivity index (χ0) is 12.8. The second kappa shape index (κ2) is 6.74. The molecule has 0 bridgehead atoms. The van der Waals surface area contributed by atoms with E-state index < -0.39 is 0 Å². The minimum atomic E-state index is 0.533. The Balaban J connectivity index is 2.74. The Morgan fingerprint density at radius 2 is 2.06 bits per heavy atom. The molecule has 0 saturated carbocycles. The molecule has 1 atom stereocenters. The Labute approximate surface area is 108 Å². The fourth-order valence-electron chi connectivity index (χ4n) is 1.14. The maximum absolute atomic E-state index is 5.82. The predicted molar refractivity (Wildman–Crippen MR) is 74.6 cm³/mol. The zero-order valence-corrected chi connectivity index (χ0v) is 11.9. The normalized spacial score (nSPS) is 12.8. The first kappa shape index (κ1) is 14.2. The van der Waals surface area contributed by atoms with E-state index in [1.54, 1.807) is 11.8 Å². The van der Waals surface area contributed by atoms with Gasteiger partial charge in [-0.1, -0.05) is 27.7 Å². The first-order valence-corrected chi connectivity index (χ1v) is 6.98. The van der Waals surface area contributed by atoms with Crippen LogP contribution in [-0.4, -0.2) is 16.8 Å². The number of hydrogen-bond acceptors (Lipinski definition) is 4. The number of nitrogens with two attached hydrogens (primary N) is 1. The largest absolute Gasteiger partial charge is 0.476 e. The molecule has 0 aliphatic heterocycles. The number of rotatable bonds is 6. The van der Waals surface area contributed by atoms with Gasteiger partial charge in [0.15, 0.2) is 0 Å². The van der Waals surface area contributed by atoms with Gasteiger partial charge in [0.25, 0.3) is 0 Å². The lowest BCUT2D eigenvalue weighted by atomic mass is 10.2. The van der Waals surface area contributed by atoms with Crippen molar-refractivity contribution in [3.05, 3.63) is 12.1 Å². The van der Waals surface area contributed by atoms with E-state index in [2.05, 4.69) is 32.7 Å². The summed E-state index contributed by atoms with van der Waals surface area (Å²) in [7, 11) is 0. The van der Waals surface area contributed by atoms with Gasteiger partial charge in [0.1, 0.15) is 5.03 Å². The smallest absolute Gasteiger partial charge is 0.238 e.